The van der Waals surface area contributed by atoms with Crippen LogP contribution in [0.5, 0.6) is 5.75 Å². The maximum absolute atomic E-state index is 13.9. The first kappa shape index (κ1) is 25.6. The Labute approximate surface area is 168 Å². The lowest BCUT2D eigenvalue weighted by Crippen LogP contribution is -2.56. The van der Waals surface area contributed by atoms with Crippen molar-refractivity contribution in [2.45, 2.75) is 72.3 Å². The van der Waals surface area contributed by atoms with Crippen molar-refractivity contribution in [1.82, 2.24) is 0 Å². The van der Waals surface area contributed by atoms with Crippen molar-refractivity contribution in [2.75, 3.05) is 13.2 Å². The molecule has 2 unspecified atom stereocenters. The number of rotatable bonds is 9. The molecule has 0 aliphatic heterocycles. The number of hydrogen-bond acceptors (Lipinski definition) is 2. The Bertz CT molecular complexity index is 629. The third-order valence-electron chi connectivity index (χ3n) is 5.16. The zero-order valence-electron chi connectivity index (χ0n) is 17.7. The summed E-state index contributed by atoms with van der Waals surface area (Å²) in [5, 5.41) is 0. The molecule has 0 bridgehead atoms. The maximum Gasteiger partial charge on any atom is 0.430 e. The molecular formula is C21H30F6O2. The number of benzene rings is 1. The summed E-state index contributed by atoms with van der Waals surface area (Å²) in [6, 6.07) is 1.74. The van der Waals surface area contributed by atoms with Crippen molar-refractivity contribution < 1.29 is 35.8 Å². The standard InChI is InChI=1S/C21H30F6O2/c1-7-13(3)11-28-18-15(5)9-17(10-16(18)6)19(20(22,23)24,21(25,26)27)29-12-14(4)8-2/h9-10,13-14H,7-8,11-12H2,1-6H3. The molecule has 1 aromatic rings. The van der Waals surface area contributed by atoms with Gasteiger partial charge in [-0.3, -0.25) is 0 Å². The molecule has 0 aliphatic rings. The van der Waals surface area contributed by atoms with E-state index in [1.165, 1.54) is 13.8 Å². The Morgan fingerprint density at radius 1 is 0.793 bits per heavy atom. The normalized spacial score (nSPS) is 15.3. The number of alkyl halides is 6. The molecule has 0 spiro atoms. The summed E-state index contributed by atoms with van der Waals surface area (Å²) in [7, 11) is 0. The molecule has 2 nitrogen and oxygen atoms in total. The Morgan fingerprint density at radius 3 is 1.59 bits per heavy atom. The van der Waals surface area contributed by atoms with E-state index in [1.54, 1.807) is 13.8 Å². The van der Waals surface area contributed by atoms with Crippen LogP contribution in [0, 0.1) is 25.7 Å². The highest BCUT2D eigenvalue weighted by Gasteiger charge is 2.73. The quantitative estimate of drug-likeness (QED) is 0.390. The molecule has 0 aliphatic carbocycles. The van der Waals surface area contributed by atoms with Crippen LogP contribution in [0.2, 0.25) is 0 Å². The summed E-state index contributed by atoms with van der Waals surface area (Å²) < 4.78 is 93.7. The first-order chi connectivity index (χ1) is 13.2. The Morgan fingerprint density at radius 2 is 1.21 bits per heavy atom. The zero-order valence-corrected chi connectivity index (χ0v) is 17.7. The fourth-order valence-corrected chi connectivity index (χ4v) is 2.84. The number of ether oxygens (including phenoxy) is 2. The predicted molar refractivity (Wildman–Crippen MR) is 100 cm³/mol. The van der Waals surface area contributed by atoms with E-state index in [9.17, 15) is 26.3 Å². The van der Waals surface area contributed by atoms with E-state index in [2.05, 4.69) is 4.74 Å². The van der Waals surface area contributed by atoms with Crippen molar-refractivity contribution >= 4 is 0 Å². The van der Waals surface area contributed by atoms with Crippen LogP contribution in [0.15, 0.2) is 12.1 Å². The average Bonchev–Trinajstić information content (AvgIpc) is 2.58. The highest BCUT2D eigenvalue weighted by molar-refractivity contribution is 5.46. The second kappa shape index (κ2) is 9.58. The monoisotopic (exact) mass is 428 g/mol. The second-order valence-electron chi connectivity index (χ2n) is 7.76. The lowest BCUT2D eigenvalue weighted by molar-refractivity contribution is -0.391. The van der Waals surface area contributed by atoms with Gasteiger partial charge in [-0.25, -0.2) is 0 Å². The van der Waals surface area contributed by atoms with Crippen LogP contribution in [0.25, 0.3) is 0 Å². The number of aryl methyl sites for hydroxylation is 2. The molecule has 1 aromatic carbocycles. The molecule has 29 heavy (non-hydrogen) atoms. The molecule has 1 rings (SSSR count). The van der Waals surface area contributed by atoms with Crippen LogP contribution in [0.1, 0.15) is 57.2 Å². The lowest BCUT2D eigenvalue weighted by Gasteiger charge is -2.38. The van der Waals surface area contributed by atoms with Gasteiger partial charge in [0, 0.05) is 5.56 Å². The van der Waals surface area contributed by atoms with Crippen LogP contribution in [-0.4, -0.2) is 25.6 Å². The van der Waals surface area contributed by atoms with Gasteiger partial charge >= 0.3 is 12.4 Å². The van der Waals surface area contributed by atoms with Gasteiger partial charge in [0.1, 0.15) is 5.75 Å². The summed E-state index contributed by atoms with van der Waals surface area (Å²) in [6.07, 6.45) is -10.1. The van der Waals surface area contributed by atoms with Gasteiger partial charge in [-0.1, -0.05) is 40.5 Å². The van der Waals surface area contributed by atoms with Gasteiger partial charge < -0.3 is 9.47 Å². The summed E-state index contributed by atoms with van der Waals surface area (Å²) in [5.41, 5.74) is -4.97. The Hall–Kier alpha value is -1.44. The van der Waals surface area contributed by atoms with Crippen LogP contribution < -0.4 is 4.74 Å². The minimum Gasteiger partial charge on any atom is -0.493 e. The predicted octanol–water partition coefficient (Wildman–Crippen LogP) is 7.11. The van der Waals surface area contributed by atoms with Crippen molar-refractivity contribution in [3.63, 3.8) is 0 Å². The van der Waals surface area contributed by atoms with E-state index < -0.39 is 36.0 Å². The van der Waals surface area contributed by atoms with Gasteiger partial charge in [0.2, 0.25) is 0 Å². The molecular weight excluding hydrogens is 398 g/mol. The first-order valence-electron chi connectivity index (χ1n) is 9.73. The van der Waals surface area contributed by atoms with Crippen molar-refractivity contribution in [1.29, 1.82) is 0 Å². The average molecular weight is 428 g/mol. The maximum atomic E-state index is 13.9. The SMILES string of the molecule is CCC(C)COc1c(C)cc(C(OCC(C)CC)(C(F)(F)F)C(F)(F)F)cc1C. The van der Waals surface area contributed by atoms with E-state index >= 15 is 0 Å². The number of hydrogen-bond donors (Lipinski definition) is 0. The van der Waals surface area contributed by atoms with E-state index in [4.69, 9.17) is 4.74 Å². The van der Waals surface area contributed by atoms with E-state index in [-0.39, 0.29) is 17.0 Å². The van der Waals surface area contributed by atoms with E-state index in [0.29, 0.717) is 18.8 Å². The molecule has 8 heteroatoms. The smallest absolute Gasteiger partial charge is 0.430 e. The topological polar surface area (TPSA) is 18.5 Å². The van der Waals surface area contributed by atoms with Crippen molar-refractivity contribution in [2.24, 2.45) is 11.8 Å². The van der Waals surface area contributed by atoms with Gasteiger partial charge in [-0.2, -0.15) is 26.3 Å². The van der Waals surface area contributed by atoms with E-state index in [1.807, 2.05) is 13.8 Å². The zero-order chi connectivity index (χ0) is 22.6. The molecule has 0 saturated carbocycles. The minimum absolute atomic E-state index is 0.202. The van der Waals surface area contributed by atoms with Gasteiger partial charge in [-0.05, 0) is 48.9 Å². The van der Waals surface area contributed by atoms with Crippen LogP contribution >= 0.6 is 0 Å². The second-order valence-corrected chi connectivity index (χ2v) is 7.76. The van der Waals surface area contributed by atoms with Crippen LogP contribution in [0.4, 0.5) is 26.3 Å². The largest absolute Gasteiger partial charge is 0.493 e. The summed E-state index contributed by atoms with van der Waals surface area (Å²) in [4.78, 5) is 0. The van der Waals surface area contributed by atoms with Gasteiger partial charge in [-0.15, -0.1) is 0 Å². The third kappa shape index (κ3) is 5.58. The van der Waals surface area contributed by atoms with Crippen LogP contribution in [-0.2, 0) is 10.3 Å². The summed E-state index contributed by atoms with van der Waals surface area (Å²) in [6.45, 7) is 9.66. The molecule has 0 radical (unpaired) electrons. The molecule has 0 saturated heterocycles. The fraction of sp³-hybridized carbons (Fsp3) is 0.714. The molecule has 0 heterocycles. The Balaban J connectivity index is 3.53. The minimum atomic E-state index is -5.68. The molecule has 0 amide bonds. The summed E-state index contributed by atoms with van der Waals surface area (Å²) in [5.74, 6) is 0.0467. The van der Waals surface area contributed by atoms with Gasteiger partial charge in [0.25, 0.3) is 5.60 Å². The van der Waals surface area contributed by atoms with E-state index in [0.717, 1.165) is 18.6 Å². The van der Waals surface area contributed by atoms with Crippen LogP contribution in [0.3, 0.4) is 0 Å². The van der Waals surface area contributed by atoms with Crippen molar-refractivity contribution in [3.05, 3.63) is 28.8 Å². The molecule has 0 N–H and O–H groups in total. The highest BCUT2D eigenvalue weighted by Crippen LogP contribution is 2.54. The fourth-order valence-electron chi connectivity index (χ4n) is 2.84. The first-order valence-corrected chi connectivity index (χ1v) is 9.73. The van der Waals surface area contributed by atoms with Crippen molar-refractivity contribution in [3.8, 4) is 5.75 Å². The molecule has 0 aromatic heterocycles. The molecule has 0 fully saturated rings. The number of halogens is 6. The van der Waals surface area contributed by atoms with Gasteiger partial charge in [0.15, 0.2) is 0 Å². The lowest BCUT2D eigenvalue weighted by atomic mass is 9.88. The highest BCUT2D eigenvalue weighted by atomic mass is 19.4. The summed E-state index contributed by atoms with van der Waals surface area (Å²) >= 11 is 0. The molecule has 2 atom stereocenters. The molecule has 168 valence electrons. The Kier molecular flexibility index (Phi) is 8.46. The van der Waals surface area contributed by atoms with Gasteiger partial charge in [0.05, 0.1) is 13.2 Å². The third-order valence-corrected chi connectivity index (χ3v) is 5.16.